The fourth-order valence-corrected chi connectivity index (χ4v) is 5.10. The lowest BCUT2D eigenvalue weighted by Crippen LogP contribution is -2.39. The normalized spacial score (nSPS) is 17.5. The summed E-state index contributed by atoms with van der Waals surface area (Å²) in [4.78, 5) is 4.68. The molecule has 1 saturated heterocycles. The molecule has 1 rings (SSSR count). The molecule has 0 amide bonds. The molecule has 0 spiro atoms. The summed E-state index contributed by atoms with van der Waals surface area (Å²) in [6.45, 7) is 16.7. The minimum atomic E-state index is -0.424. The van der Waals surface area contributed by atoms with Crippen LogP contribution >= 0.6 is 0 Å². The van der Waals surface area contributed by atoms with Gasteiger partial charge in [0, 0.05) is 39.4 Å². The van der Waals surface area contributed by atoms with Crippen LogP contribution in [0.25, 0.3) is 0 Å². The molecule has 2 unspecified atom stereocenters. The first-order valence-corrected chi connectivity index (χ1v) is 15.8. The lowest BCUT2D eigenvalue weighted by atomic mass is 10.0. The van der Waals surface area contributed by atoms with Crippen LogP contribution in [-0.2, 0) is 9.47 Å². The van der Waals surface area contributed by atoms with Crippen LogP contribution in [-0.4, -0.2) is 97.9 Å². The highest BCUT2D eigenvalue weighted by Gasteiger charge is 2.19. The predicted octanol–water partition coefficient (Wildman–Crippen LogP) is 5.74. The van der Waals surface area contributed by atoms with E-state index in [0.717, 1.165) is 70.5 Å². The summed E-state index contributed by atoms with van der Waals surface area (Å²) in [6, 6.07) is 0. The third-order valence-corrected chi connectivity index (χ3v) is 7.38. The van der Waals surface area contributed by atoms with Crippen molar-refractivity contribution in [1.29, 1.82) is 0 Å². The number of rotatable bonds is 24. The number of hydrogen-bond acceptors (Lipinski definition) is 6. The molecule has 0 aliphatic carbocycles. The standard InChI is InChI=1S/C31H64N2O4/c1-28(2)16-11-7-5-9-13-22-36-26-30(34)24-32-18-15-19-33(21-20-32)25-31(35)27-37-23-14-10-6-8-12-17-29(3)4/h28-31,34-35H,5-27H2,1-4H3. The lowest BCUT2D eigenvalue weighted by Gasteiger charge is -2.25. The predicted molar refractivity (Wildman–Crippen MR) is 156 cm³/mol. The Morgan fingerprint density at radius 1 is 0.541 bits per heavy atom. The maximum absolute atomic E-state index is 10.4. The third kappa shape index (κ3) is 22.3. The Balaban J connectivity index is 2.00. The average molecular weight is 529 g/mol. The van der Waals surface area contributed by atoms with Gasteiger partial charge in [0.15, 0.2) is 0 Å². The van der Waals surface area contributed by atoms with Crippen molar-refractivity contribution in [1.82, 2.24) is 9.80 Å². The van der Waals surface area contributed by atoms with Gasteiger partial charge in [0.25, 0.3) is 0 Å². The summed E-state index contributed by atoms with van der Waals surface area (Å²) < 4.78 is 11.5. The molecule has 222 valence electrons. The van der Waals surface area contributed by atoms with E-state index in [1.807, 2.05) is 0 Å². The number of unbranched alkanes of at least 4 members (excludes halogenated alkanes) is 8. The zero-order chi connectivity index (χ0) is 27.1. The number of hydrogen-bond donors (Lipinski definition) is 2. The number of β-amino-alcohol motifs (C(OH)–C–C–N with tert-alkyl or cyclic N) is 2. The smallest absolute Gasteiger partial charge is 0.0900 e. The summed E-state index contributed by atoms with van der Waals surface area (Å²) in [5.41, 5.74) is 0. The van der Waals surface area contributed by atoms with Crippen LogP contribution in [0.2, 0.25) is 0 Å². The molecule has 0 aromatic heterocycles. The lowest BCUT2D eigenvalue weighted by molar-refractivity contribution is 0.0118. The van der Waals surface area contributed by atoms with Crippen LogP contribution in [0.5, 0.6) is 0 Å². The molecule has 0 aromatic carbocycles. The SMILES string of the molecule is CC(C)CCCCCCCOCC(O)CN1CCCN(CC(O)COCCCCCCCC(C)C)CC1. The van der Waals surface area contributed by atoms with Gasteiger partial charge in [0.05, 0.1) is 25.4 Å². The Morgan fingerprint density at radius 3 is 1.32 bits per heavy atom. The Labute approximate surface area is 230 Å². The molecule has 1 aliphatic rings. The van der Waals surface area contributed by atoms with Crippen LogP contribution in [0.3, 0.4) is 0 Å². The van der Waals surface area contributed by atoms with Crippen LogP contribution in [0.15, 0.2) is 0 Å². The molecular formula is C31H64N2O4. The van der Waals surface area contributed by atoms with Crippen molar-refractivity contribution in [3.05, 3.63) is 0 Å². The summed E-state index contributed by atoms with van der Waals surface area (Å²) in [5.74, 6) is 1.63. The second kappa shape index (κ2) is 23.6. The summed E-state index contributed by atoms with van der Waals surface area (Å²) in [7, 11) is 0. The van der Waals surface area contributed by atoms with E-state index in [0.29, 0.717) is 26.3 Å². The van der Waals surface area contributed by atoms with E-state index in [1.54, 1.807) is 0 Å². The molecule has 37 heavy (non-hydrogen) atoms. The van der Waals surface area contributed by atoms with Crippen LogP contribution < -0.4 is 0 Å². The average Bonchev–Trinajstić information content (AvgIpc) is 3.06. The summed E-state index contributed by atoms with van der Waals surface area (Å²) >= 11 is 0. The second-order valence-electron chi connectivity index (χ2n) is 12.3. The maximum Gasteiger partial charge on any atom is 0.0900 e. The van der Waals surface area contributed by atoms with Crippen LogP contribution in [0.1, 0.15) is 111 Å². The number of aliphatic hydroxyl groups is 2. The Bertz CT molecular complexity index is 450. The first-order chi connectivity index (χ1) is 17.9. The van der Waals surface area contributed by atoms with Crippen molar-refractivity contribution in [2.45, 2.75) is 123 Å². The molecule has 0 aromatic rings. The Hall–Kier alpha value is -0.240. The minimum absolute atomic E-state index is 0.424. The van der Waals surface area contributed by atoms with E-state index < -0.39 is 12.2 Å². The molecule has 1 heterocycles. The van der Waals surface area contributed by atoms with Crippen molar-refractivity contribution in [2.24, 2.45) is 11.8 Å². The Kier molecular flexibility index (Phi) is 22.2. The van der Waals surface area contributed by atoms with Crippen molar-refractivity contribution in [2.75, 3.05) is 65.7 Å². The monoisotopic (exact) mass is 528 g/mol. The number of aliphatic hydroxyl groups excluding tert-OH is 2. The quantitative estimate of drug-likeness (QED) is 0.156. The fourth-order valence-electron chi connectivity index (χ4n) is 5.10. The molecule has 1 fully saturated rings. The van der Waals surface area contributed by atoms with Crippen molar-refractivity contribution in [3.8, 4) is 0 Å². The zero-order valence-corrected chi connectivity index (χ0v) is 25.2. The molecule has 2 atom stereocenters. The number of nitrogens with zero attached hydrogens (tertiary/aromatic N) is 2. The van der Waals surface area contributed by atoms with Gasteiger partial charge in [-0.2, -0.15) is 0 Å². The third-order valence-electron chi connectivity index (χ3n) is 7.38. The second-order valence-corrected chi connectivity index (χ2v) is 12.3. The highest BCUT2D eigenvalue weighted by molar-refractivity contribution is 4.74. The number of ether oxygens (including phenoxy) is 2. The van der Waals surface area contributed by atoms with Gasteiger partial charge in [-0.05, 0) is 44.2 Å². The van der Waals surface area contributed by atoms with Gasteiger partial charge in [-0.25, -0.2) is 0 Å². The molecule has 6 nitrogen and oxygen atoms in total. The minimum Gasteiger partial charge on any atom is -0.389 e. The van der Waals surface area contributed by atoms with Crippen LogP contribution in [0, 0.1) is 11.8 Å². The first kappa shape index (κ1) is 34.8. The topological polar surface area (TPSA) is 65.4 Å². The zero-order valence-electron chi connectivity index (χ0n) is 25.2. The van der Waals surface area contributed by atoms with Gasteiger partial charge in [0.2, 0.25) is 0 Å². The summed E-state index contributed by atoms with van der Waals surface area (Å²) in [6.07, 6.45) is 15.5. The fraction of sp³-hybridized carbons (Fsp3) is 1.00. The van der Waals surface area contributed by atoms with Crippen LogP contribution in [0.4, 0.5) is 0 Å². The highest BCUT2D eigenvalue weighted by Crippen LogP contribution is 2.12. The van der Waals surface area contributed by atoms with Gasteiger partial charge < -0.3 is 19.7 Å². The van der Waals surface area contributed by atoms with E-state index in [4.69, 9.17) is 9.47 Å². The van der Waals surface area contributed by atoms with Gasteiger partial charge >= 0.3 is 0 Å². The van der Waals surface area contributed by atoms with Gasteiger partial charge in [-0.15, -0.1) is 0 Å². The largest absolute Gasteiger partial charge is 0.389 e. The van der Waals surface area contributed by atoms with E-state index in [-0.39, 0.29) is 0 Å². The maximum atomic E-state index is 10.4. The van der Waals surface area contributed by atoms with E-state index in [1.165, 1.54) is 64.2 Å². The van der Waals surface area contributed by atoms with Crippen molar-refractivity contribution < 1.29 is 19.7 Å². The Morgan fingerprint density at radius 2 is 0.919 bits per heavy atom. The van der Waals surface area contributed by atoms with Gasteiger partial charge in [0.1, 0.15) is 0 Å². The van der Waals surface area contributed by atoms with E-state index >= 15 is 0 Å². The molecule has 6 heteroatoms. The molecule has 0 radical (unpaired) electrons. The molecule has 2 N–H and O–H groups in total. The molecular weight excluding hydrogens is 464 g/mol. The van der Waals surface area contributed by atoms with Crippen molar-refractivity contribution in [3.63, 3.8) is 0 Å². The highest BCUT2D eigenvalue weighted by atomic mass is 16.5. The van der Waals surface area contributed by atoms with E-state index in [9.17, 15) is 10.2 Å². The molecule has 0 bridgehead atoms. The molecule has 1 aliphatic heterocycles. The van der Waals surface area contributed by atoms with Gasteiger partial charge in [-0.3, -0.25) is 9.80 Å². The summed E-state index contributed by atoms with van der Waals surface area (Å²) in [5, 5.41) is 20.8. The van der Waals surface area contributed by atoms with Crippen molar-refractivity contribution >= 4 is 0 Å². The van der Waals surface area contributed by atoms with E-state index in [2.05, 4.69) is 37.5 Å². The molecule has 0 saturated carbocycles. The van der Waals surface area contributed by atoms with Gasteiger partial charge in [-0.1, -0.05) is 91.9 Å². The first-order valence-electron chi connectivity index (χ1n) is 15.8.